The molecule has 2 unspecified atom stereocenters. The minimum absolute atomic E-state index is 0. The van der Waals surface area contributed by atoms with Crippen LogP contribution in [0.25, 0.3) is 0 Å². The van der Waals surface area contributed by atoms with E-state index >= 15 is 0 Å². The number of carbonyl (C=O) groups excluding carboxylic acids is 2. The lowest BCUT2D eigenvalue weighted by Gasteiger charge is -2.28. The Balaban J connectivity index is -0.000000107. The minimum atomic E-state index is -0.255. The third-order valence-corrected chi connectivity index (χ3v) is 2.99. The molecule has 1 rings (SSSR count). The fourth-order valence-corrected chi connectivity index (χ4v) is 2.28. The first-order valence-electron chi connectivity index (χ1n) is 6.01. The van der Waals surface area contributed by atoms with E-state index < -0.39 is 0 Å². The molecule has 1 aliphatic heterocycles. The molecule has 0 aromatic carbocycles. The first-order chi connectivity index (χ1) is 7.54. The predicted molar refractivity (Wildman–Crippen MR) is 101 cm³/mol. The van der Waals surface area contributed by atoms with E-state index in [2.05, 4.69) is 6.92 Å². The predicted octanol–water partition coefficient (Wildman–Crippen LogP) is 5.55. The van der Waals surface area contributed by atoms with Crippen molar-refractivity contribution < 1.29 is 14.3 Å². The van der Waals surface area contributed by atoms with Crippen molar-refractivity contribution in [3.05, 3.63) is 0 Å². The van der Waals surface area contributed by atoms with Crippen LogP contribution >= 0.6 is 0 Å². The molecule has 0 N–H and O–H groups in total. The summed E-state index contributed by atoms with van der Waals surface area (Å²) in [5.74, 6) is -0.0167. The molecule has 140 valence electrons. The molecule has 1 amide bonds. The summed E-state index contributed by atoms with van der Waals surface area (Å²) < 4.78 is 5.10. The van der Waals surface area contributed by atoms with Gasteiger partial charge in [-0.05, 0) is 19.8 Å². The monoisotopic (exact) mass is 323 g/mol. The summed E-state index contributed by atoms with van der Waals surface area (Å²) in [6.07, 6.45) is 3.16. The third-order valence-electron chi connectivity index (χ3n) is 2.99. The van der Waals surface area contributed by atoms with Gasteiger partial charge in [0.25, 0.3) is 0 Å². The van der Waals surface area contributed by atoms with Crippen molar-refractivity contribution >= 4 is 11.9 Å². The summed E-state index contributed by atoms with van der Waals surface area (Å²) >= 11 is 0. The lowest BCUT2D eigenvalue weighted by Crippen LogP contribution is -2.38. The molecule has 0 spiro atoms. The average molecular weight is 324 g/mol. The Labute approximate surface area is 141 Å². The van der Waals surface area contributed by atoms with Crippen molar-refractivity contribution in [1.29, 1.82) is 0 Å². The zero-order valence-electron chi connectivity index (χ0n) is 10.4. The Hall–Kier alpha value is -1.06. The fourth-order valence-electron chi connectivity index (χ4n) is 2.28. The van der Waals surface area contributed by atoms with Crippen LogP contribution in [0.3, 0.4) is 0 Å². The third kappa shape index (κ3) is 11.6. The van der Waals surface area contributed by atoms with Gasteiger partial charge in [-0.25, -0.2) is 0 Å². The zero-order chi connectivity index (χ0) is 12.1. The summed E-state index contributed by atoms with van der Waals surface area (Å²) in [6, 6.07) is 0.212. The van der Waals surface area contributed by atoms with Gasteiger partial charge in [-0.15, -0.1) is 0 Å². The van der Waals surface area contributed by atoms with Crippen molar-refractivity contribution in [3.8, 4) is 0 Å². The van der Waals surface area contributed by atoms with Gasteiger partial charge in [0, 0.05) is 32.4 Å². The number of ether oxygens (including phenoxy) is 1. The molecular formula is C18H45NO3. The second kappa shape index (κ2) is 18.0. The van der Waals surface area contributed by atoms with Crippen LogP contribution in [0, 0.1) is 0 Å². The number of rotatable bonds is 5. The highest BCUT2D eigenvalue weighted by Crippen LogP contribution is 2.20. The number of amides is 1. The Kier molecular flexibility index (Phi) is 30.5. The average Bonchev–Trinajstić information content (AvgIpc) is 2.60. The van der Waals surface area contributed by atoms with Crippen LogP contribution in [0.1, 0.15) is 91.0 Å². The Morgan fingerprint density at radius 1 is 1.18 bits per heavy atom. The van der Waals surface area contributed by atoms with E-state index in [1.807, 2.05) is 11.8 Å². The van der Waals surface area contributed by atoms with E-state index in [1.165, 1.54) is 6.92 Å². The second-order valence-electron chi connectivity index (χ2n) is 4.41. The quantitative estimate of drug-likeness (QED) is 0.623. The number of likely N-dealkylation sites (tertiary alicyclic amines) is 1. The first-order valence-corrected chi connectivity index (χ1v) is 6.01. The van der Waals surface area contributed by atoms with Crippen LogP contribution in [0.5, 0.6) is 0 Å². The van der Waals surface area contributed by atoms with Crippen LogP contribution in [-0.2, 0) is 14.3 Å². The van der Waals surface area contributed by atoms with Gasteiger partial charge < -0.3 is 9.64 Å². The zero-order valence-corrected chi connectivity index (χ0v) is 10.4. The Bertz CT molecular complexity index is 267. The maximum atomic E-state index is 11.6. The molecule has 2 atom stereocenters. The number of hydrogen-bond donors (Lipinski definition) is 0. The number of esters is 1. The van der Waals surface area contributed by atoms with Crippen molar-refractivity contribution in [3.63, 3.8) is 0 Å². The normalized spacial score (nSPS) is 14.3. The van der Waals surface area contributed by atoms with Gasteiger partial charge in [0.05, 0.1) is 0 Å². The van der Waals surface area contributed by atoms with Gasteiger partial charge >= 0.3 is 5.97 Å². The van der Waals surface area contributed by atoms with Gasteiger partial charge in [0.1, 0.15) is 6.10 Å². The Morgan fingerprint density at radius 2 is 1.68 bits per heavy atom. The van der Waals surface area contributed by atoms with E-state index in [4.69, 9.17) is 4.74 Å². The SMILES string of the molecule is C.C.C.C.C.C.CCC(CC(C)OC(C)=O)N1CCCC1=O. The molecule has 4 nitrogen and oxygen atoms in total. The van der Waals surface area contributed by atoms with Gasteiger partial charge in [-0.2, -0.15) is 0 Å². The van der Waals surface area contributed by atoms with Gasteiger partial charge in [0.15, 0.2) is 0 Å². The van der Waals surface area contributed by atoms with Crippen LogP contribution < -0.4 is 0 Å². The van der Waals surface area contributed by atoms with E-state index in [0.29, 0.717) is 6.42 Å². The van der Waals surface area contributed by atoms with E-state index in [0.717, 1.165) is 25.8 Å². The summed E-state index contributed by atoms with van der Waals surface area (Å²) in [6.45, 7) is 6.21. The Morgan fingerprint density at radius 3 is 2.00 bits per heavy atom. The molecule has 0 aromatic rings. The topological polar surface area (TPSA) is 46.6 Å². The second-order valence-corrected chi connectivity index (χ2v) is 4.41. The highest BCUT2D eigenvalue weighted by molar-refractivity contribution is 5.78. The first kappa shape index (κ1) is 37.3. The van der Waals surface area contributed by atoms with Crippen molar-refractivity contribution in [1.82, 2.24) is 4.90 Å². The summed E-state index contributed by atoms with van der Waals surface area (Å²) in [5, 5.41) is 0. The fraction of sp³-hybridized carbons (Fsp3) is 0.889. The molecule has 0 bridgehead atoms. The smallest absolute Gasteiger partial charge is 0.302 e. The number of hydrogen-bond acceptors (Lipinski definition) is 3. The number of carbonyl (C=O) groups is 2. The van der Waals surface area contributed by atoms with Crippen molar-refractivity contribution in [2.45, 2.75) is 103 Å². The molecule has 0 aliphatic carbocycles. The lowest BCUT2D eigenvalue weighted by atomic mass is 10.1. The summed E-state index contributed by atoms with van der Waals surface area (Å²) in [4.78, 5) is 24.3. The molecule has 1 aliphatic rings. The minimum Gasteiger partial charge on any atom is -0.463 e. The standard InChI is InChI=1S/C12H21NO3.6CH4/c1-4-11(8-9(2)16-10(3)14)13-7-5-6-12(13)15;;;;;;/h9,11H,4-8H2,1-3H3;6*1H4. The molecule has 22 heavy (non-hydrogen) atoms. The van der Waals surface area contributed by atoms with E-state index in [9.17, 15) is 9.59 Å². The number of nitrogens with zero attached hydrogens (tertiary/aromatic N) is 1. The van der Waals surface area contributed by atoms with Crippen LogP contribution in [0.4, 0.5) is 0 Å². The largest absolute Gasteiger partial charge is 0.463 e. The lowest BCUT2D eigenvalue weighted by molar-refractivity contribution is -0.146. The molecule has 0 radical (unpaired) electrons. The van der Waals surface area contributed by atoms with Crippen LogP contribution in [-0.4, -0.2) is 35.5 Å². The van der Waals surface area contributed by atoms with Crippen molar-refractivity contribution in [2.75, 3.05) is 6.54 Å². The van der Waals surface area contributed by atoms with Gasteiger partial charge in [-0.1, -0.05) is 51.5 Å². The maximum absolute atomic E-state index is 11.6. The van der Waals surface area contributed by atoms with Crippen molar-refractivity contribution in [2.24, 2.45) is 0 Å². The molecular weight excluding hydrogens is 278 g/mol. The van der Waals surface area contributed by atoms with Crippen LogP contribution in [0.15, 0.2) is 0 Å². The maximum Gasteiger partial charge on any atom is 0.302 e. The molecule has 1 saturated heterocycles. The van der Waals surface area contributed by atoms with Crippen LogP contribution in [0.2, 0.25) is 0 Å². The van der Waals surface area contributed by atoms with Gasteiger partial charge in [0.2, 0.25) is 5.91 Å². The highest BCUT2D eigenvalue weighted by atomic mass is 16.5. The van der Waals surface area contributed by atoms with Gasteiger partial charge in [-0.3, -0.25) is 9.59 Å². The van der Waals surface area contributed by atoms with E-state index in [1.54, 1.807) is 0 Å². The molecule has 1 fully saturated rings. The highest BCUT2D eigenvalue weighted by Gasteiger charge is 2.28. The molecule has 1 heterocycles. The summed E-state index contributed by atoms with van der Waals surface area (Å²) in [7, 11) is 0. The summed E-state index contributed by atoms with van der Waals surface area (Å²) in [5.41, 5.74) is 0. The molecule has 4 heteroatoms. The van der Waals surface area contributed by atoms with E-state index in [-0.39, 0.29) is 68.6 Å². The molecule has 0 saturated carbocycles. The molecule has 0 aromatic heterocycles.